The first-order valence-electron chi connectivity index (χ1n) is 9.12. The van der Waals surface area contributed by atoms with Crippen LogP contribution in [0, 0.1) is 5.92 Å². The summed E-state index contributed by atoms with van der Waals surface area (Å²) in [4.78, 5) is 39.2. The summed E-state index contributed by atoms with van der Waals surface area (Å²) in [5, 5.41) is 5.48. The van der Waals surface area contributed by atoms with Gasteiger partial charge < -0.3 is 15.5 Å². The van der Waals surface area contributed by atoms with Crippen molar-refractivity contribution in [2.24, 2.45) is 5.92 Å². The second kappa shape index (κ2) is 9.01. The average Bonchev–Trinajstić information content (AvgIpc) is 3.09. The molecule has 0 unspecified atom stereocenters. The highest BCUT2D eigenvalue weighted by molar-refractivity contribution is 9.10. The molecule has 146 valence electrons. The Kier molecular flexibility index (Phi) is 6.46. The number of halogens is 1. The Labute approximate surface area is 172 Å². The Morgan fingerprint density at radius 3 is 2.61 bits per heavy atom. The molecule has 2 N–H and O–H groups in total. The van der Waals surface area contributed by atoms with Crippen LogP contribution in [0.2, 0.25) is 0 Å². The second-order valence-electron chi connectivity index (χ2n) is 6.66. The van der Waals surface area contributed by atoms with Crippen molar-refractivity contribution in [3.05, 3.63) is 64.6 Å². The van der Waals surface area contributed by atoms with Crippen LogP contribution >= 0.6 is 15.9 Å². The summed E-state index contributed by atoms with van der Waals surface area (Å²) in [5.41, 5.74) is 1.59. The number of nitrogens with zero attached hydrogens (tertiary/aromatic N) is 1. The number of anilines is 1. The molecule has 3 rings (SSSR count). The minimum Gasteiger partial charge on any atom is -0.359 e. The van der Waals surface area contributed by atoms with E-state index in [9.17, 15) is 14.4 Å². The van der Waals surface area contributed by atoms with Gasteiger partial charge in [0.15, 0.2) is 0 Å². The van der Waals surface area contributed by atoms with Gasteiger partial charge in [-0.25, -0.2) is 0 Å². The van der Waals surface area contributed by atoms with Crippen LogP contribution in [0.3, 0.4) is 0 Å². The van der Waals surface area contributed by atoms with Crippen LogP contribution in [0.5, 0.6) is 0 Å². The van der Waals surface area contributed by atoms with Gasteiger partial charge in [0.05, 0.1) is 12.5 Å². The standard InChI is InChI=1S/C21H22BrN3O3/c1-23-19(26)13-18(14-6-3-2-4-7-14)24-20(27)17-10-11-25(21(17)28)16-9-5-8-15(22)12-16/h2-9,12,17-18H,10-11,13H2,1H3,(H,23,26)(H,24,27)/t17-,18+/m0/s1. The fraction of sp³-hybridized carbons (Fsp3) is 0.286. The maximum absolute atomic E-state index is 12.9. The van der Waals surface area contributed by atoms with E-state index in [2.05, 4.69) is 26.6 Å². The largest absolute Gasteiger partial charge is 0.359 e. The Bertz CT molecular complexity index is 872. The molecule has 0 bridgehead atoms. The molecule has 1 aliphatic heterocycles. The SMILES string of the molecule is CNC(=O)C[C@@H](NC(=O)[C@@H]1CCN(c2cccc(Br)c2)C1=O)c1ccccc1. The van der Waals surface area contributed by atoms with Gasteiger partial charge in [-0.15, -0.1) is 0 Å². The van der Waals surface area contributed by atoms with Gasteiger partial charge in [0.1, 0.15) is 5.92 Å². The summed E-state index contributed by atoms with van der Waals surface area (Å²) in [6.07, 6.45) is 0.557. The molecule has 1 fully saturated rings. The zero-order valence-corrected chi connectivity index (χ0v) is 17.1. The second-order valence-corrected chi connectivity index (χ2v) is 7.58. The van der Waals surface area contributed by atoms with Crippen molar-refractivity contribution < 1.29 is 14.4 Å². The molecule has 2 aromatic rings. The van der Waals surface area contributed by atoms with E-state index in [0.29, 0.717) is 13.0 Å². The Morgan fingerprint density at radius 1 is 1.18 bits per heavy atom. The van der Waals surface area contributed by atoms with E-state index in [1.807, 2.05) is 54.6 Å². The molecule has 28 heavy (non-hydrogen) atoms. The van der Waals surface area contributed by atoms with Crippen molar-refractivity contribution in [3.8, 4) is 0 Å². The molecule has 6 nitrogen and oxygen atoms in total. The predicted octanol–water partition coefficient (Wildman–Crippen LogP) is 2.80. The van der Waals surface area contributed by atoms with Crippen LogP contribution < -0.4 is 15.5 Å². The molecular formula is C21H22BrN3O3. The molecule has 0 saturated carbocycles. The van der Waals surface area contributed by atoms with Crippen LogP contribution in [-0.2, 0) is 14.4 Å². The lowest BCUT2D eigenvalue weighted by Crippen LogP contribution is -2.40. The average molecular weight is 444 g/mol. The van der Waals surface area contributed by atoms with Gasteiger partial charge in [-0.05, 0) is 30.2 Å². The smallest absolute Gasteiger partial charge is 0.239 e. The fourth-order valence-corrected chi connectivity index (χ4v) is 3.71. The fourth-order valence-electron chi connectivity index (χ4n) is 3.32. The summed E-state index contributed by atoms with van der Waals surface area (Å²) in [6.45, 7) is 0.485. The molecule has 2 aromatic carbocycles. The third kappa shape index (κ3) is 4.59. The van der Waals surface area contributed by atoms with Gasteiger partial charge in [0.2, 0.25) is 17.7 Å². The van der Waals surface area contributed by atoms with E-state index in [-0.39, 0.29) is 24.1 Å². The van der Waals surface area contributed by atoms with Crippen LogP contribution in [0.25, 0.3) is 0 Å². The highest BCUT2D eigenvalue weighted by Gasteiger charge is 2.38. The van der Waals surface area contributed by atoms with Crippen molar-refractivity contribution in [1.82, 2.24) is 10.6 Å². The van der Waals surface area contributed by atoms with E-state index in [4.69, 9.17) is 0 Å². The van der Waals surface area contributed by atoms with Gasteiger partial charge in [-0.2, -0.15) is 0 Å². The maximum Gasteiger partial charge on any atom is 0.239 e. The lowest BCUT2D eigenvalue weighted by Gasteiger charge is -2.21. The molecule has 1 heterocycles. The van der Waals surface area contributed by atoms with Crippen molar-refractivity contribution in [3.63, 3.8) is 0 Å². The van der Waals surface area contributed by atoms with Crippen molar-refractivity contribution in [2.75, 3.05) is 18.5 Å². The molecule has 0 aliphatic carbocycles. The number of carbonyl (C=O) groups excluding carboxylic acids is 3. The minimum absolute atomic E-state index is 0.114. The number of amides is 3. The highest BCUT2D eigenvalue weighted by atomic mass is 79.9. The number of hydrogen-bond donors (Lipinski definition) is 2. The van der Waals surface area contributed by atoms with Gasteiger partial charge in [-0.1, -0.05) is 52.3 Å². The predicted molar refractivity (Wildman–Crippen MR) is 111 cm³/mol. The molecule has 1 aliphatic rings. The molecule has 2 atom stereocenters. The summed E-state index contributed by atoms with van der Waals surface area (Å²) >= 11 is 3.41. The first-order valence-corrected chi connectivity index (χ1v) is 9.91. The van der Waals surface area contributed by atoms with E-state index < -0.39 is 12.0 Å². The van der Waals surface area contributed by atoms with Crippen LogP contribution in [0.1, 0.15) is 24.4 Å². The van der Waals surface area contributed by atoms with Crippen molar-refractivity contribution >= 4 is 39.3 Å². The molecule has 1 saturated heterocycles. The normalized spacial score (nSPS) is 17.3. The lowest BCUT2D eigenvalue weighted by molar-refractivity contribution is -0.132. The molecule has 0 radical (unpaired) electrons. The van der Waals surface area contributed by atoms with E-state index >= 15 is 0 Å². The Morgan fingerprint density at radius 2 is 1.93 bits per heavy atom. The van der Waals surface area contributed by atoms with Crippen LogP contribution in [-0.4, -0.2) is 31.3 Å². The monoisotopic (exact) mass is 443 g/mol. The molecule has 0 aromatic heterocycles. The summed E-state index contributed by atoms with van der Waals surface area (Å²) in [7, 11) is 1.56. The first-order chi connectivity index (χ1) is 13.5. The summed E-state index contributed by atoms with van der Waals surface area (Å²) in [6, 6.07) is 16.3. The maximum atomic E-state index is 12.9. The van der Waals surface area contributed by atoms with Gasteiger partial charge >= 0.3 is 0 Å². The molecular weight excluding hydrogens is 422 g/mol. The zero-order chi connectivity index (χ0) is 20.1. The quantitative estimate of drug-likeness (QED) is 0.673. The number of nitrogens with one attached hydrogen (secondary N) is 2. The van der Waals surface area contributed by atoms with Crippen molar-refractivity contribution in [1.29, 1.82) is 0 Å². The van der Waals surface area contributed by atoms with Crippen molar-refractivity contribution in [2.45, 2.75) is 18.9 Å². The topological polar surface area (TPSA) is 78.5 Å². The Balaban J connectivity index is 1.73. The van der Waals surface area contributed by atoms with E-state index in [1.54, 1.807) is 11.9 Å². The van der Waals surface area contributed by atoms with Gasteiger partial charge in [-0.3, -0.25) is 14.4 Å². The van der Waals surface area contributed by atoms with Gasteiger partial charge in [0.25, 0.3) is 0 Å². The number of benzene rings is 2. The molecule has 0 spiro atoms. The molecule has 7 heteroatoms. The van der Waals surface area contributed by atoms with E-state index in [0.717, 1.165) is 15.7 Å². The lowest BCUT2D eigenvalue weighted by atomic mass is 10.0. The highest BCUT2D eigenvalue weighted by Crippen LogP contribution is 2.28. The minimum atomic E-state index is -0.755. The first kappa shape index (κ1) is 20.1. The van der Waals surface area contributed by atoms with Gasteiger partial charge in [0, 0.05) is 23.8 Å². The Hall–Kier alpha value is -2.67. The third-order valence-electron chi connectivity index (χ3n) is 4.83. The molecule has 3 amide bonds. The van der Waals surface area contributed by atoms with Crippen LogP contribution in [0.15, 0.2) is 59.1 Å². The third-order valence-corrected chi connectivity index (χ3v) is 5.32. The number of hydrogen-bond acceptors (Lipinski definition) is 3. The number of carbonyl (C=O) groups is 3. The van der Waals surface area contributed by atoms with E-state index in [1.165, 1.54) is 0 Å². The summed E-state index contributed by atoms with van der Waals surface area (Å²) in [5.74, 6) is -1.50. The van der Waals surface area contributed by atoms with Crippen LogP contribution in [0.4, 0.5) is 5.69 Å². The zero-order valence-electron chi connectivity index (χ0n) is 15.5. The summed E-state index contributed by atoms with van der Waals surface area (Å²) < 4.78 is 0.875. The number of rotatable bonds is 6.